The molecule has 2 N–H and O–H groups in total. The topological polar surface area (TPSA) is 63.4 Å². The number of nitrogens with two attached hydrogens (primary N) is 1. The highest BCUT2D eigenvalue weighted by molar-refractivity contribution is 7.85. The van der Waals surface area contributed by atoms with Gasteiger partial charge in [0.1, 0.15) is 0 Å². The van der Waals surface area contributed by atoms with Crippen molar-refractivity contribution in [2.75, 3.05) is 31.1 Å². The molecule has 0 unspecified atom stereocenters. The van der Waals surface area contributed by atoms with Crippen LogP contribution in [-0.2, 0) is 10.8 Å². The van der Waals surface area contributed by atoms with Gasteiger partial charge in [-0.1, -0.05) is 11.8 Å². The number of benzene rings is 1. The van der Waals surface area contributed by atoms with E-state index in [0.29, 0.717) is 36.7 Å². The van der Waals surface area contributed by atoms with Crippen molar-refractivity contribution in [3.63, 3.8) is 0 Å². The van der Waals surface area contributed by atoms with Crippen LogP contribution in [0.2, 0.25) is 0 Å². The summed E-state index contributed by atoms with van der Waals surface area (Å²) in [5.74, 6) is 6.95. The van der Waals surface area contributed by atoms with E-state index in [1.54, 1.807) is 11.0 Å². The Kier molecular flexibility index (Phi) is 4.94. The fourth-order valence-electron chi connectivity index (χ4n) is 2.11. The molecule has 1 aromatic rings. The van der Waals surface area contributed by atoms with Crippen molar-refractivity contribution in [3.05, 3.63) is 34.9 Å². The van der Waals surface area contributed by atoms with Gasteiger partial charge in [0.2, 0.25) is 0 Å². The Balaban J connectivity index is 2.15. The van der Waals surface area contributed by atoms with Crippen molar-refractivity contribution in [1.82, 2.24) is 4.90 Å². The Morgan fingerprint density at radius 1 is 1.40 bits per heavy atom. The molecule has 1 heterocycles. The molecule has 5 heteroatoms. The van der Waals surface area contributed by atoms with Gasteiger partial charge in [-0.2, -0.15) is 0 Å². The largest absolute Gasteiger partial charge is 0.337 e. The monoisotopic (exact) mass is 290 g/mol. The van der Waals surface area contributed by atoms with Gasteiger partial charge in [-0.15, -0.1) is 0 Å². The van der Waals surface area contributed by atoms with Gasteiger partial charge >= 0.3 is 0 Å². The zero-order valence-corrected chi connectivity index (χ0v) is 12.3. The molecule has 1 amide bonds. The number of rotatable bonds is 1. The van der Waals surface area contributed by atoms with Crippen molar-refractivity contribution < 1.29 is 9.00 Å². The third-order valence-corrected chi connectivity index (χ3v) is 4.54. The Morgan fingerprint density at radius 3 is 2.70 bits per heavy atom. The molecule has 1 aliphatic heterocycles. The van der Waals surface area contributed by atoms with Gasteiger partial charge in [0, 0.05) is 46.5 Å². The number of amides is 1. The van der Waals surface area contributed by atoms with Crippen LogP contribution in [0.25, 0.3) is 0 Å². The molecular weight excluding hydrogens is 272 g/mol. The summed E-state index contributed by atoms with van der Waals surface area (Å²) < 4.78 is 11.3. The lowest BCUT2D eigenvalue weighted by molar-refractivity contribution is 0.0771. The minimum atomic E-state index is -0.770. The maximum atomic E-state index is 12.4. The molecule has 20 heavy (non-hydrogen) atoms. The quantitative estimate of drug-likeness (QED) is 0.767. The van der Waals surface area contributed by atoms with Gasteiger partial charge < -0.3 is 10.6 Å². The van der Waals surface area contributed by atoms with Crippen LogP contribution < -0.4 is 5.73 Å². The van der Waals surface area contributed by atoms with E-state index in [1.807, 2.05) is 19.1 Å². The molecule has 0 bridgehead atoms. The third-order valence-electron chi connectivity index (χ3n) is 3.26. The summed E-state index contributed by atoms with van der Waals surface area (Å²) in [6.07, 6.45) is 0. The van der Waals surface area contributed by atoms with E-state index in [1.165, 1.54) is 0 Å². The molecule has 0 spiro atoms. The molecule has 4 nitrogen and oxygen atoms in total. The van der Waals surface area contributed by atoms with Crippen molar-refractivity contribution in [2.45, 2.75) is 6.92 Å². The Hall–Kier alpha value is -1.64. The summed E-state index contributed by atoms with van der Waals surface area (Å²) in [6, 6.07) is 5.50. The second-order valence-corrected chi connectivity index (χ2v) is 6.37. The summed E-state index contributed by atoms with van der Waals surface area (Å²) >= 11 is 0. The summed E-state index contributed by atoms with van der Waals surface area (Å²) in [6.45, 7) is 3.39. The van der Waals surface area contributed by atoms with Gasteiger partial charge in [0.05, 0.1) is 6.54 Å². The Labute approximate surface area is 121 Å². The van der Waals surface area contributed by atoms with Crippen molar-refractivity contribution in [1.29, 1.82) is 0 Å². The highest BCUT2D eigenvalue weighted by Crippen LogP contribution is 2.13. The number of hydrogen-bond acceptors (Lipinski definition) is 3. The maximum Gasteiger partial charge on any atom is 0.253 e. The lowest BCUT2D eigenvalue weighted by Gasteiger charge is -2.26. The van der Waals surface area contributed by atoms with Gasteiger partial charge in [0.15, 0.2) is 0 Å². The lowest BCUT2D eigenvalue weighted by atomic mass is 10.0. The van der Waals surface area contributed by atoms with Crippen LogP contribution in [0.3, 0.4) is 0 Å². The first-order valence-electron chi connectivity index (χ1n) is 6.55. The lowest BCUT2D eigenvalue weighted by Crippen LogP contribution is -2.41. The Morgan fingerprint density at radius 2 is 2.10 bits per heavy atom. The zero-order chi connectivity index (χ0) is 14.5. The number of carbonyl (C=O) groups is 1. The van der Waals surface area contributed by atoms with Gasteiger partial charge in [-0.25, -0.2) is 0 Å². The van der Waals surface area contributed by atoms with E-state index < -0.39 is 10.8 Å². The van der Waals surface area contributed by atoms with E-state index in [0.717, 1.165) is 11.1 Å². The predicted octanol–water partition coefficient (Wildman–Crippen LogP) is 0.510. The molecular formula is C15H18N2O2S. The summed E-state index contributed by atoms with van der Waals surface area (Å²) in [5, 5.41) is 0. The van der Waals surface area contributed by atoms with Crippen LogP contribution in [-0.4, -0.2) is 46.2 Å². The number of carbonyl (C=O) groups excluding carboxylic acids is 1. The van der Waals surface area contributed by atoms with Gasteiger partial charge in [-0.3, -0.25) is 9.00 Å². The molecule has 0 aliphatic carbocycles. The summed E-state index contributed by atoms with van der Waals surface area (Å²) in [7, 11) is -0.770. The first-order valence-corrected chi connectivity index (χ1v) is 8.04. The fourth-order valence-corrected chi connectivity index (χ4v) is 3.16. The molecule has 0 radical (unpaired) electrons. The van der Waals surface area contributed by atoms with Crippen LogP contribution in [0.1, 0.15) is 21.5 Å². The molecule has 2 rings (SSSR count). The zero-order valence-electron chi connectivity index (χ0n) is 11.5. The molecule has 0 aromatic heterocycles. The number of aryl methyl sites for hydroxylation is 1. The molecule has 1 aliphatic rings. The first-order chi connectivity index (χ1) is 9.61. The van der Waals surface area contributed by atoms with Gasteiger partial charge in [0.25, 0.3) is 5.91 Å². The fraction of sp³-hybridized carbons (Fsp3) is 0.400. The predicted molar refractivity (Wildman–Crippen MR) is 80.9 cm³/mol. The average molecular weight is 290 g/mol. The van der Waals surface area contributed by atoms with Crippen molar-refractivity contribution in [3.8, 4) is 11.8 Å². The highest BCUT2D eigenvalue weighted by atomic mass is 32.2. The van der Waals surface area contributed by atoms with Crippen molar-refractivity contribution in [2.24, 2.45) is 5.73 Å². The number of nitrogens with zero attached hydrogens (tertiary/aromatic N) is 1. The van der Waals surface area contributed by atoms with E-state index in [2.05, 4.69) is 11.8 Å². The molecule has 0 saturated carbocycles. The second kappa shape index (κ2) is 6.69. The Bertz CT molecular complexity index is 592. The molecule has 0 atom stereocenters. The van der Waals surface area contributed by atoms with E-state index in [4.69, 9.17) is 5.73 Å². The standard InChI is InChI=1S/C15H18N2O2S/c1-12-11-14(5-4-13(12)3-2-6-16)15(18)17-7-9-20(19)10-8-17/h4-5,11H,6-10,16H2,1H3. The average Bonchev–Trinajstić information content (AvgIpc) is 2.46. The third kappa shape index (κ3) is 3.47. The molecule has 1 saturated heterocycles. The minimum absolute atomic E-state index is 0.00290. The maximum absolute atomic E-state index is 12.4. The summed E-state index contributed by atoms with van der Waals surface area (Å²) in [4.78, 5) is 14.1. The van der Waals surface area contributed by atoms with E-state index in [-0.39, 0.29) is 5.91 Å². The molecule has 1 aromatic carbocycles. The van der Waals surface area contributed by atoms with Crippen molar-refractivity contribution >= 4 is 16.7 Å². The normalized spacial score (nSPS) is 15.6. The van der Waals surface area contributed by atoms with Crippen LogP contribution in [0.15, 0.2) is 18.2 Å². The van der Waals surface area contributed by atoms with E-state index >= 15 is 0 Å². The van der Waals surface area contributed by atoms with Crippen LogP contribution >= 0.6 is 0 Å². The minimum Gasteiger partial charge on any atom is -0.337 e. The SMILES string of the molecule is Cc1cc(C(=O)N2CCS(=O)CC2)ccc1C#CCN. The first kappa shape index (κ1) is 14.8. The second-order valence-electron chi connectivity index (χ2n) is 4.68. The molecule has 1 fully saturated rings. The highest BCUT2D eigenvalue weighted by Gasteiger charge is 2.21. The number of hydrogen-bond donors (Lipinski definition) is 1. The summed E-state index contributed by atoms with van der Waals surface area (Å²) in [5.41, 5.74) is 7.88. The van der Waals surface area contributed by atoms with Gasteiger partial charge in [-0.05, 0) is 30.7 Å². The van der Waals surface area contributed by atoms with Crippen LogP contribution in [0.4, 0.5) is 0 Å². The smallest absolute Gasteiger partial charge is 0.253 e. The van der Waals surface area contributed by atoms with E-state index in [9.17, 15) is 9.00 Å². The van der Waals surface area contributed by atoms with Crippen LogP contribution in [0.5, 0.6) is 0 Å². The molecule has 106 valence electrons. The van der Waals surface area contributed by atoms with Crippen LogP contribution in [0, 0.1) is 18.8 Å².